The number of Topliss-reactive ketones (excluding diaryl/α,β-unsaturated/α-hetero) is 1. The first-order chi connectivity index (χ1) is 11.4. The van der Waals surface area contributed by atoms with E-state index in [0.717, 1.165) is 5.69 Å². The maximum Gasteiger partial charge on any atom is 0.251 e. The number of ketones is 1. The van der Waals surface area contributed by atoms with Gasteiger partial charge in [-0.25, -0.2) is 0 Å². The number of para-hydroxylation sites is 1. The molecule has 1 atom stereocenters. The zero-order valence-electron chi connectivity index (χ0n) is 14.0. The molecule has 126 valence electrons. The molecule has 2 aromatic rings. The quantitative estimate of drug-likeness (QED) is 0.644. The van der Waals surface area contributed by atoms with Gasteiger partial charge in [0.25, 0.3) is 5.91 Å². The van der Waals surface area contributed by atoms with Crippen molar-refractivity contribution in [2.75, 3.05) is 11.9 Å². The summed E-state index contributed by atoms with van der Waals surface area (Å²) in [5.74, 6) is -0.567. The Balaban J connectivity index is 2.28. The molecule has 0 aliphatic heterocycles. The number of halogens is 1. The molecule has 1 unspecified atom stereocenters. The van der Waals surface area contributed by atoms with Crippen LogP contribution in [0, 0.1) is 0 Å². The van der Waals surface area contributed by atoms with Gasteiger partial charge in [-0.1, -0.05) is 29.8 Å². The van der Waals surface area contributed by atoms with Crippen LogP contribution in [0.15, 0.2) is 54.6 Å². The molecule has 0 heterocycles. The van der Waals surface area contributed by atoms with Crippen molar-refractivity contribution in [2.45, 2.75) is 25.9 Å². The van der Waals surface area contributed by atoms with E-state index in [1.807, 2.05) is 44.2 Å². The molecule has 0 aromatic heterocycles. The van der Waals surface area contributed by atoms with Gasteiger partial charge in [0.2, 0.25) is 0 Å². The molecule has 2 rings (SSSR count). The number of amides is 1. The van der Waals surface area contributed by atoms with Gasteiger partial charge in [0.05, 0.1) is 0 Å². The molecule has 0 saturated carbocycles. The summed E-state index contributed by atoms with van der Waals surface area (Å²) in [7, 11) is 1.67. The smallest absolute Gasteiger partial charge is 0.251 e. The number of nitrogens with zero attached hydrogens (tertiary/aromatic N) is 1. The van der Waals surface area contributed by atoms with Crippen molar-refractivity contribution in [3.63, 3.8) is 0 Å². The minimum absolute atomic E-state index is 0.0145. The highest BCUT2D eigenvalue weighted by atomic mass is 35.5. The van der Waals surface area contributed by atoms with Gasteiger partial charge < -0.3 is 4.90 Å². The molecule has 1 amide bonds. The van der Waals surface area contributed by atoms with E-state index in [9.17, 15) is 9.59 Å². The summed E-state index contributed by atoms with van der Waals surface area (Å²) in [6.45, 7) is 3.80. The maximum absolute atomic E-state index is 12.9. The van der Waals surface area contributed by atoms with E-state index in [-0.39, 0.29) is 17.7 Å². The van der Waals surface area contributed by atoms with Crippen molar-refractivity contribution in [2.24, 2.45) is 0 Å². The minimum Gasteiger partial charge on any atom is -0.314 e. The molecule has 0 bridgehead atoms. The molecular formula is C19H21ClN2O2. The zero-order chi connectivity index (χ0) is 17.7. The van der Waals surface area contributed by atoms with Crippen LogP contribution < -0.4 is 10.2 Å². The van der Waals surface area contributed by atoms with E-state index in [4.69, 9.17) is 11.6 Å². The molecule has 0 saturated heterocycles. The normalized spacial score (nSPS) is 12.0. The monoisotopic (exact) mass is 344 g/mol. The van der Waals surface area contributed by atoms with Crippen molar-refractivity contribution in [3.05, 3.63) is 65.2 Å². The lowest BCUT2D eigenvalue weighted by molar-refractivity contribution is -0.119. The average molecular weight is 345 g/mol. The van der Waals surface area contributed by atoms with Crippen molar-refractivity contribution in [3.8, 4) is 0 Å². The number of carbonyl (C=O) groups excluding carboxylic acids is 2. The number of benzene rings is 2. The Morgan fingerprint density at radius 1 is 1.00 bits per heavy atom. The first kappa shape index (κ1) is 18.2. The van der Waals surface area contributed by atoms with E-state index in [1.54, 1.807) is 31.3 Å². The lowest BCUT2D eigenvalue weighted by Crippen LogP contribution is -2.52. The SMILES string of the molecule is CC(C)NC(C(=O)c1ccc(Cl)cc1)C(=O)N(C)c1ccccc1. The fourth-order valence-electron chi connectivity index (χ4n) is 2.35. The third kappa shape index (κ3) is 4.43. The van der Waals surface area contributed by atoms with E-state index in [1.165, 1.54) is 4.90 Å². The maximum atomic E-state index is 12.9. The second-order valence-electron chi connectivity index (χ2n) is 5.86. The largest absolute Gasteiger partial charge is 0.314 e. The fourth-order valence-corrected chi connectivity index (χ4v) is 2.47. The molecule has 0 spiro atoms. The number of hydrogen-bond acceptors (Lipinski definition) is 3. The number of carbonyl (C=O) groups is 2. The number of rotatable bonds is 6. The van der Waals surface area contributed by atoms with Crippen LogP contribution >= 0.6 is 11.6 Å². The number of anilines is 1. The third-order valence-electron chi connectivity index (χ3n) is 3.61. The second-order valence-corrected chi connectivity index (χ2v) is 6.29. The summed E-state index contributed by atoms with van der Waals surface area (Å²) in [6.07, 6.45) is 0. The lowest BCUT2D eigenvalue weighted by atomic mass is 10.0. The Morgan fingerprint density at radius 3 is 2.12 bits per heavy atom. The summed E-state index contributed by atoms with van der Waals surface area (Å²) < 4.78 is 0. The Bertz CT molecular complexity index is 699. The Labute approximate surface area is 147 Å². The Kier molecular flexibility index (Phi) is 6.12. The topological polar surface area (TPSA) is 49.4 Å². The number of nitrogens with one attached hydrogen (secondary N) is 1. The molecule has 0 aliphatic rings. The van der Waals surface area contributed by atoms with Crippen molar-refractivity contribution < 1.29 is 9.59 Å². The van der Waals surface area contributed by atoms with E-state index < -0.39 is 6.04 Å². The van der Waals surface area contributed by atoms with Gasteiger partial charge in [-0.05, 0) is 50.2 Å². The predicted octanol–water partition coefficient (Wildman–Crippen LogP) is 3.55. The fraction of sp³-hybridized carbons (Fsp3) is 0.263. The number of likely N-dealkylation sites (N-methyl/N-ethyl adjacent to an activating group) is 1. The van der Waals surface area contributed by atoms with Crippen molar-refractivity contribution >= 4 is 29.0 Å². The van der Waals surface area contributed by atoms with Gasteiger partial charge >= 0.3 is 0 Å². The van der Waals surface area contributed by atoms with Crippen LogP contribution in [0.4, 0.5) is 5.69 Å². The first-order valence-electron chi connectivity index (χ1n) is 7.78. The Hall–Kier alpha value is -2.17. The van der Waals surface area contributed by atoms with Crippen molar-refractivity contribution in [1.29, 1.82) is 0 Å². The summed E-state index contributed by atoms with van der Waals surface area (Å²) in [4.78, 5) is 27.2. The average Bonchev–Trinajstić information content (AvgIpc) is 2.59. The molecule has 0 aliphatic carbocycles. The molecule has 4 nitrogen and oxygen atoms in total. The van der Waals surface area contributed by atoms with Crippen LogP contribution in [-0.4, -0.2) is 30.8 Å². The lowest BCUT2D eigenvalue weighted by Gasteiger charge is -2.25. The van der Waals surface area contributed by atoms with E-state index in [0.29, 0.717) is 10.6 Å². The predicted molar refractivity (Wildman–Crippen MR) is 97.7 cm³/mol. The van der Waals surface area contributed by atoms with Crippen LogP contribution in [0.3, 0.4) is 0 Å². The summed E-state index contributed by atoms with van der Waals surface area (Å²) in [6, 6.07) is 14.8. The third-order valence-corrected chi connectivity index (χ3v) is 3.86. The van der Waals surface area contributed by atoms with Gasteiger partial charge in [0.15, 0.2) is 11.8 Å². The zero-order valence-corrected chi connectivity index (χ0v) is 14.7. The summed E-state index contributed by atoms with van der Waals surface area (Å²) in [5.41, 5.74) is 1.19. The van der Waals surface area contributed by atoms with Gasteiger partial charge in [-0.2, -0.15) is 0 Å². The van der Waals surface area contributed by atoms with Crippen LogP contribution in [0.1, 0.15) is 24.2 Å². The summed E-state index contributed by atoms with van der Waals surface area (Å²) in [5, 5.41) is 3.62. The van der Waals surface area contributed by atoms with E-state index >= 15 is 0 Å². The van der Waals surface area contributed by atoms with Gasteiger partial charge in [-0.15, -0.1) is 0 Å². The second kappa shape index (κ2) is 8.08. The van der Waals surface area contributed by atoms with Gasteiger partial charge in [-0.3, -0.25) is 14.9 Å². The first-order valence-corrected chi connectivity index (χ1v) is 8.16. The van der Waals surface area contributed by atoms with Crippen molar-refractivity contribution in [1.82, 2.24) is 5.32 Å². The number of hydrogen-bond donors (Lipinski definition) is 1. The highest BCUT2D eigenvalue weighted by molar-refractivity contribution is 6.30. The molecule has 0 radical (unpaired) electrons. The molecule has 0 fully saturated rings. The molecule has 2 aromatic carbocycles. The van der Waals surface area contributed by atoms with E-state index in [2.05, 4.69) is 5.32 Å². The molecule has 24 heavy (non-hydrogen) atoms. The Morgan fingerprint density at radius 2 is 1.58 bits per heavy atom. The minimum atomic E-state index is -0.948. The van der Waals surface area contributed by atoms with Crippen LogP contribution in [0.2, 0.25) is 5.02 Å². The van der Waals surface area contributed by atoms with Gasteiger partial charge in [0, 0.05) is 29.4 Å². The van der Waals surface area contributed by atoms with Crippen LogP contribution in [0.5, 0.6) is 0 Å². The van der Waals surface area contributed by atoms with Gasteiger partial charge in [0.1, 0.15) is 0 Å². The molecule has 5 heteroatoms. The highest BCUT2D eigenvalue weighted by Crippen LogP contribution is 2.16. The standard InChI is InChI=1S/C19H21ClN2O2/c1-13(2)21-17(18(23)14-9-11-15(20)12-10-14)19(24)22(3)16-7-5-4-6-8-16/h4-13,17,21H,1-3H3. The molecule has 1 N–H and O–H groups in total. The highest BCUT2D eigenvalue weighted by Gasteiger charge is 2.31. The molecular weight excluding hydrogens is 324 g/mol. The van der Waals surface area contributed by atoms with Crippen LogP contribution in [-0.2, 0) is 4.79 Å². The van der Waals surface area contributed by atoms with Crippen LogP contribution in [0.25, 0.3) is 0 Å². The summed E-state index contributed by atoms with van der Waals surface area (Å²) >= 11 is 5.87.